The van der Waals surface area contributed by atoms with Crippen molar-refractivity contribution in [1.82, 2.24) is 14.5 Å². The Bertz CT molecular complexity index is 845. The number of amides is 3. The van der Waals surface area contributed by atoms with Crippen molar-refractivity contribution in [3.63, 3.8) is 0 Å². The lowest BCUT2D eigenvalue weighted by molar-refractivity contribution is -0.142. The molecular weight excluding hydrogens is 332 g/mol. The summed E-state index contributed by atoms with van der Waals surface area (Å²) in [6.45, 7) is -0.242. The van der Waals surface area contributed by atoms with Crippen molar-refractivity contribution in [2.45, 2.75) is 12.8 Å². The number of nitrogens with one attached hydrogen (secondary N) is 1. The molecule has 2 aromatic rings. The Labute approximate surface area is 150 Å². The highest BCUT2D eigenvalue weighted by Crippen LogP contribution is 2.34. The molecule has 3 amide bonds. The van der Waals surface area contributed by atoms with E-state index in [2.05, 4.69) is 10.3 Å². The lowest BCUT2D eigenvalue weighted by Crippen LogP contribution is -2.38. The number of benzene rings is 1. The number of hydrogen-bond donors (Lipinski definition) is 1. The second kappa shape index (κ2) is 6.59. The van der Waals surface area contributed by atoms with Gasteiger partial charge in [-0.15, -0.1) is 0 Å². The fourth-order valence-corrected chi connectivity index (χ4v) is 3.50. The second-order valence-electron chi connectivity index (χ2n) is 6.48. The van der Waals surface area contributed by atoms with Crippen molar-refractivity contribution in [2.75, 3.05) is 11.9 Å². The topological polar surface area (TPSA) is 84.3 Å². The molecule has 1 aliphatic carbocycles. The molecule has 0 saturated carbocycles. The summed E-state index contributed by atoms with van der Waals surface area (Å²) in [7, 11) is 0. The fraction of sp³-hybridized carbons (Fsp3) is 0.263. The van der Waals surface area contributed by atoms with E-state index in [0.29, 0.717) is 18.5 Å². The van der Waals surface area contributed by atoms with Gasteiger partial charge in [0.1, 0.15) is 6.54 Å². The first-order chi connectivity index (χ1) is 12.6. The summed E-state index contributed by atoms with van der Waals surface area (Å²) in [4.78, 5) is 42.2. The summed E-state index contributed by atoms with van der Waals surface area (Å²) in [6.07, 6.45) is 10.2. The maximum absolute atomic E-state index is 12.4. The van der Waals surface area contributed by atoms with Gasteiger partial charge in [0.2, 0.25) is 17.7 Å². The summed E-state index contributed by atoms with van der Waals surface area (Å²) in [5.41, 5.74) is 1.53. The maximum Gasteiger partial charge on any atom is 0.244 e. The molecule has 2 aliphatic rings. The highest BCUT2D eigenvalue weighted by Gasteiger charge is 2.47. The normalized spacial score (nSPS) is 21.8. The Morgan fingerprint density at radius 1 is 1.08 bits per heavy atom. The molecule has 4 rings (SSSR count). The van der Waals surface area contributed by atoms with Gasteiger partial charge < -0.3 is 9.88 Å². The number of allylic oxidation sites excluding steroid dienone is 2. The van der Waals surface area contributed by atoms with E-state index in [0.717, 1.165) is 10.6 Å². The number of imidazole rings is 1. The van der Waals surface area contributed by atoms with E-state index in [9.17, 15) is 14.4 Å². The average Bonchev–Trinajstić information content (AvgIpc) is 3.27. The molecule has 0 bridgehead atoms. The van der Waals surface area contributed by atoms with Crippen molar-refractivity contribution in [3.05, 3.63) is 55.1 Å². The predicted octanol–water partition coefficient (Wildman–Crippen LogP) is 1.76. The predicted molar refractivity (Wildman–Crippen MR) is 94.3 cm³/mol. The van der Waals surface area contributed by atoms with Crippen LogP contribution in [0.2, 0.25) is 0 Å². The van der Waals surface area contributed by atoms with Gasteiger partial charge in [0, 0.05) is 23.8 Å². The Morgan fingerprint density at radius 2 is 1.73 bits per heavy atom. The first kappa shape index (κ1) is 16.3. The van der Waals surface area contributed by atoms with Crippen molar-refractivity contribution in [2.24, 2.45) is 11.8 Å². The lowest BCUT2D eigenvalue weighted by atomic mass is 9.85. The molecule has 1 aromatic carbocycles. The van der Waals surface area contributed by atoms with Gasteiger partial charge in [-0.1, -0.05) is 12.2 Å². The maximum atomic E-state index is 12.4. The minimum atomic E-state index is -0.381. The van der Waals surface area contributed by atoms with Gasteiger partial charge in [-0.2, -0.15) is 0 Å². The molecule has 2 atom stereocenters. The van der Waals surface area contributed by atoms with Crippen LogP contribution in [0.25, 0.3) is 5.69 Å². The van der Waals surface area contributed by atoms with Gasteiger partial charge in [-0.3, -0.25) is 19.3 Å². The van der Waals surface area contributed by atoms with Crippen molar-refractivity contribution in [1.29, 1.82) is 0 Å². The first-order valence-electron chi connectivity index (χ1n) is 8.52. The van der Waals surface area contributed by atoms with Crippen LogP contribution >= 0.6 is 0 Å². The van der Waals surface area contributed by atoms with Crippen molar-refractivity contribution < 1.29 is 14.4 Å². The number of carbonyl (C=O) groups excluding carboxylic acids is 3. The third-order valence-electron chi connectivity index (χ3n) is 4.85. The SMILES string of the molecule is O=C(CN1C(=O)C2CC=CCC2C1=O)Nc1ccc(-n2ccnc2)cc1. The lowest BCUT2D eigenvalue weighted by Gasteiger charge is -2.14. The number of nitrogens with zero attached hydrogens (tertiary/aromatic N) is 3. The largest absolute Gasteiger partial charge is 0.325 e. The number of imide groups is 1. The van der Waals surface area contributed by atoms with Crippen LogP contribution < -0.4 is 5.32 Å². The fourth-order valence-electron chi connectivity index (χ4n) is 3.50. The van der Waals surface area contributed by atoms with E-state index in [1.54, 1.807) is 24.7 Å². The zero-order valence-electron chi connectivity index (χ0n) is 14.0. The van der Waals surface area contributed by atoms with Gasteiger partial charge in [-0.25, -0.2) is 4.98 Å². The Morgan fingerprint density at radius 3 is 2.31 bits per heavy atom. The van der Waals surface area contributed by atoms with Crippen LogP contribution in [0.4, 0.5) is 5.69 Å². The zero-order chi connectivity index (χ0) is 18.1. The van der Waals surface area contributed by atoms with E-state index in [4.69, 9.17) is 0 Å². The molecule has 7 heteroatoms. The number of fused-ring (bicyclic) bond motifs is 1. The van der Waals surface area contributed by atoms with Crippen LogP contribution in [0.3, 0.4) is 0 Å². The van der Waals surface area contributed by atoms with Crippen LogP contribution in [0, 0.1) is 11.8 Å². The minimum Gasteiger partial charge on any atom is -0.325 e. The van der Waals surface area contributed by atoms with Gasteiger partial charge in [0.15, 0.2) is 0 Å². The summed E-state index contributed by atoms with van der Waals surface area (Å²) in [5.74, 6) is -1.48. The molecule has 132 valence electrons. The molecule has 1 N–H and O–H groups in total. The molecule has 7 nitrogen and oxygen atoms in total. The summed E-state index contributed by atoms with van der Waals surface area (Å²) >= 11 is 0. The molecule has 0 spiro atoms. The molecule has 1 aliphatic heterocycles. The van der Waals surface area contributed by atoms with Gasteiger partial charge in [0.25, 0.3) is 0 Å². The number of hydrogen-bond acceptors (Lipinski definition) is 4. The number of aromatic nitrogens is 2. The van der Waals surface area contributed by atoms with Crippen molar-refractivity contribution >= 4 is 23.4 Å². The van der Waals surface area contributed by atoms with Gasteiger partial charge in [-0.05, 0) is 37.1 Å². The van der Waals surface area contributed by atoms with E-state index in [-0.39, 0.29) is 36.1 Å². The molecule has 2 unspecified atom stereocenters. The summed E-state index contributed by atoms with van der Waals surface area (Å²) < 4.78 is 1.85. The molecular formula is C19H18N4O3. The molecule has 1 saturated heterocycles. The Balaban J connectivity index is 1.40. The van der Waals surface area contributed by atoms with Crippen LogP contribution in [-0.2, 0) is 14.4 Å². The minimum absolute atomic E-state index is 0.241. The van der Waals surface area contributed by atoms with Crippen LogP contribution in [0.5, 0.6) is 0 Å². The molecule has 0 radical (unpaired) electrons. The molecule has 26 heavy (non-hydrogen) atoms. The first-order valence-corrected chi connectivity index (χ1v) is 8.52. The third-order valence-corrected chi connectivity index (χ3v) is 4.85. The Kier molecular flexibility index (Phi) is 4.12. The van der Waals surface area contributed by atoms with Crippen LogP contribution in [-0.4, -0.2) is 38.7 Å². The standard InChI is InChI=1S/C19H18N4O3/c24-17(11-23-18(25)15-3-1-2-4-16(15)19(23)26)21-13-5-7-14(8-6-13)22-10-9-20-12-22/h1-2,5-10,12,15-16H,3-4,11H2,(H,21,24). The number of carbonyl (C=O) groups is 3. The molecule has 1 fully saturated rings. The number of likely N-dealkylation sites (tertiary alicyclic amines) is 1. The highest BCUT2D eigenvalue weighted by molar-refractivity contribution is 6.08. The Hall–Kier alpha value is -3.22. The van der Waals surface area contributed by atoms with Gasteiger partial charge in [0.05, 0.1) is 18.2 Å². The third kappa shape index (κ3) is 2.92. The highest BCUT2D eigenvalue weighted by atomic mass is 16.2. The van der Waals surface area contributed by atoms with Crippen LogP contribution in [0.1, 0.15) is 12.8 Å². The van der Waals surface area contributed by atoms with Crippen LogP contribution in [0.15, 0.2) is 55.1 Å². The monoisotopic (exact) mass is 350 g/mol. The summed E-state index contributed by atoms with van der Waals surface area (Å²) in [6, 6.07) is 7.24. The van der Waals surface area contributed by atoms with E-state index < -0.39 is 0 Å². The smallest absolute Gasteiger partial charge is 0.244 e. The van der Waals surface area contributed by atoms with E-state index in [1.165, 1.54) is 0 Å². The second-order valence-corrected chi connectivity index (χ2v) is 6.48. The number of rotatable bonds is 4. The zero-order valence-corrected chi connectivity index (χ0v) is 14.0. The molecule has 1 aromatic heterocycles. The van der Waals surface area contributed by atoms with Gasteiger partial charge >= 0.3 is 0 Å². The average molecular weight is 350 g/mol. The number of anilines is 1. The van der Waals surface area contributed by atoms with Crippen molar-refractivity contribution in [3.8, 4) is 5.69 Å². The summed E-state index contributed by atoms with van der Waals surface area (Å²) in [5, 5.41) is 2.74. The van der Waals surface area contributed by atoms with E-state index in [1.807, 2.05) is 35.0 Å². The molecule has 2 heterocycles. The van der Waals surface area contributed by atoms with E-state index >= 15 is 0 Å². The quantitative estimate of drug-likeness (QED) is 0.673.